The highest BCUT2D eigenvalue weighted by molar-refractivity contribution is 7.81. The number of fused-ring (bicyclic) bond motifs is 2. The molecule has 2 nitrogen and oxygen atoms in total. The number of allylic oxidation sites excluding steroid dienone is 2. The van der Waals surface area contributed by atoms with E-state index < -0.39 is 15.8 Å². The fraction of sp³-hybridized carbons (Fsp3) is 0.429. The molecule has 0 radical (unpaired) electrons. The summed E-state index contributed by atoms with van der Waals surface area (Å²) in [4.78, 5) is 0. The van der Waals surface area contributed by atoms with Crippen LogP contribution in [0.3, 0.4) is 0 Å². The van der Waals surface area contributed by atoms with E-state index in [4.69, 9.17) is 4.55 Å². The molecule has 2 bridgehead atoms. The molecule has 2 rings (SSSR count). The zero-order valence-electron chi connectivity index (χ0n) is 5.36. The zero-order valence-corrected chi connectivity index (χ0v) is 6.17. The highest BCUT2D eigenvalue weighted by Gasteiger charge is 2.41. The Morgan fingerprint density at radius 1 is 1.50 bits per heavy atom. The topological polar surface area (TPSA) is 37.3 Å². The average Bonchev–Trinajstić information content (AvgIpc) is 2.45. The maximum absolute atomic E-state index is 10.8. The van der Waals surface area contributed by atoms with E-state index in [9.17, 15) is 4.21 Å². The quantitative estimate of drug-likeness (QED) is 0.456. The van der Waals surface area contributed by atoms with E-state index in [0.717, 1.165) is 6.42 Å². The van der Waals surface area contributed by atoms with E-state index in [2.05, 4.69) is 0 Å². The standard InChI is InChI=1S/C7H8O2S/c8-10(9)7-3-1-6(5-7)2-4-7/h1-4,6H,5H2,(H,8,9). The molecule has 3 heteroatoms. The van der Waals surface area contributed by atoms with Gasteiger partial charge in [0.2, 0.25) is 0 Å². The summed E-state index contributed by atoms with van der Waals surface area (Å²) in [6.45, 7) is 0. The molecular weight excluding hydrogens is 148 g/mol. The van der Waals surface area contributed by atoms with Gasteiger partial charge in [-0.15, -0.1) is 0 Å². The van der Waals surface area contributed by atoms with Crippen molar-refractivity contribution in [3.8, 4) is 0 Å². The van der Waals surface area contributed by atoms with Crippen molar-refractivity contribution < 1.29 is 8.76 Å². The Labute approximate surface area is 61.9 Å². The number of rotatable bonds is 1. The van der Waals surface area contributed by atoms with E-state index in [1.165, 1.54) is 0 Å². The summed E-state index contributed by atoms with van der Waals surface area (Å²) in [5, 5.41) is 0. The van der Waals surface area contributed by atoms with Crippen LogP contribution in [0.5, 0.6) is 0 Å². The molecule has 0 amide bonds. The van der Waals surface area contributed by atoms with Gasteiger partial charge in [0, 0.05) is 0 Å². The second-order valence-corrected chi connectivity index (χ2v) is 4.05. The summed E-state index contributed by atoms with van der Waals surface area (Å²) in [6.07, 6.45) is 8.46. The zero-order chi connectivity index (χ0) is 7.19. The van der Waals surface area contributed by atoms with Gasteiger partial charge in [0.25, 0.3) is 0 Å². The van der Waals surface area contributed by atoms with Crippen molar-refractivity contribution in [2.24, 2.45) is 5.92 Å². The van der Waals surface area contributed by atoms with Gasteiger partial charge in [-0.1, -0.05) is 24.3 Å². The molecule has 2 aliphatic carbocycles. The lowest BCUT2D eigenvalue weighted by molar-refractivity contribution is 0.539. The van der Waals surface area contributed by atoms with E-state index >= 15 is 0 Å². The lowest BCUT2D eigenvalue weighted by Gasteiger charge is -2.14. The Bertz CT molecular complexity index is 228. The first-order chi connectivity index (χ1) is 4.73. The van der Waals surface area contributed by atoms with Crippen LogP contribution in [0.4, 0.5) is 0 Å². The smallest absolute Gasteiger partial charge is 0.167 e. The molecule has 0 aromatic carbocycles. The molecule has 0 spiro atoms. The first-order valence-corrected chi connectivity index (χ1v) is 4.33. The molecule has 0 saturated carbocycles. The lowest BCUT2D eigenvalue weighted by Crippen LogP contribution is -2.24. The molecule has 0 aromatic heterocycles. The maximum Gasteiger partial charge on any atom is 0.167 e. The van der Waals surface area contributed by atoms with Gasteiger partial charge < -0.3 is 4.55 Å². The van der Waals surface area contributed by atoms with Crippen molar-refractivity contribution in [1.82, 2.24) is 0 Å². The molecule has 0 aromatic rings. The van der Waals surface area contributed by atoms with Gasteiger partial charge in [-0.2, -0.15) is 0 Å². The van der Waals surface area contributed by atoms with Gasteiger partial charge in [-0.25, -0.2) is 4.21 Å². The van der Waals surface area contributed by atoms with Gasteiger partial charge in [0.1, 0.15) is 4.75 Å². The molecule has 0 fully saturated rings. The molecular formula is C7H8O2S. The minimum Gasteiger partial charge on any atom is -0.305 e. The van der Waals surface area contributed by atoms with Crippen LogP contribution in [0.25, 0.3) is 0 Å². The number of hydrogen-bond acceptors (Lipinski definition) is 1. The molecule has 0 saturated heterocycles. The van der Waals surface area contributed by atoms with Crippen molar-refractivity contribution in [3.63, 3.8) is 0 Å². The summed E-state index contributed by atoms with van der Waals surface area (Å²) in [7, 11) is 0. The Morgan fingerprint density at radius 2 is 2.10 bits per heavy atom. The third-order valence-electron chi connectivity index (χ3n) is 2.13. The summed E-state index contributed by atoms with van der Waals surface area (Å²) in [6, 6.07) is 0. The molecule has 0 heterocycles. The van der Waals surface area contributed by atoms with Crippen LogP contribution in [-0.2, 0) is 11.1 Å². The maximum atomic E-state index is 10.8. The molecule has 1 unspecified atom stereocenters. The first kappa shape index (κ1) is 6.31. The molecule has 2 aliphatic rings. The van der Waals surface area contributed by atoms with Crippen LogP contribution in [-0.4, -0.2) is 13.5 Å². The monoisotopic (exact) mass is 156 g/mol. The Morgan fingerprint density at radius 3 is 2.30 bits per heavy atom. The second kappa shape index (κ2) is 1.80. The van der Waals surface area contributed by atoms with Crippen molar-refractivity contribution in [1.29, 1.82) is 0 Å². The first-order valence-electron chi connectivity index (χ1n) is 3.23. The van der Waals surface area contributed by atoms with Crippen molar-refractivity contribution >= 4 is 11.1 Å². The van der Waals surface area contributed by atoms with Gasteiger partial charge in [0.15, 0.2) is 11.1 Å². The van der Waals surface area contributed by atoms with Gasteiger partial charge in [0.05, 0.1) is 0 Å². The SMILES string of the molecule is O=S(O)C12C=CC(C=C1)C2. The summed E-state index contributed by atoms with van der Waals surface area (Å²) >= 11 is -1.73. The van der Waals surface area contributed by atoms with E-state index in [1.54, 1.807) is 0 Å². The Kier molecular flexibility index (Phi) is 1.13. The third-order valence-corrected chi connectivity index (χ3v) is 3.22. The van der Waals surface area contributed by atoms with Gasteiger partial charge >= 0.3 is 0 Å². The predicted octanol–water partition coefficient (Wildman–Crippen LogP) is 1.09. The fourth-order valence-electron chi connectivity index (χ4n) is 1.52. The van der Waals surface area contributed by atoms with Gasteiger partial charge in [-0.05, 0) is 12.3 Å². The minimum absolute atomic E-state index is 0.413. The predicted molar refractivity (Wildman–Crippen MR) is 39.9 cm³/mol. The van der Waals surface area contributed by atoms with Crippen LogP contribution in [0, 0.1) is 5.92 Å². The van der Waals surface area contributed by atoms with Crippen molar-refractivity contribution in [2.45, 2.75) is 11.2 Å². The molecule has 1 atom stereocenters. The fourth-order valence-corrected chi connectivity index (χ4v) is 2.25. The molecule has 1 N–H and O–H groups in total. The van der Waals surface area contributed by atoms with Crippen LogP contribution in [0.15, 0.2) is 24.3 Å². The molecule has 54 valence electrons. The van der Waals surface area contributed by atoms with E-state index in [0.29, 0.717) is 5.92 Å². The average molecular weight is 156 g/mol. The Hall–Kier alpha value is -0.410. The van der Waals surface area contributed by atoms with E-state index in [-0.39, 0.29) is 0 Å². The number of hydrogen-bond donors (Lipinski definition) is 1. The normalized spacial score (nSPS) is 44.7. The molecule has 0 aliphatic heterocycles. The minimum atomic E-state index is -1.73. The molecule has 10 heavy (non-hydrogen) atoms. The van der Waals surface area contributed by atoms with Gasteiger partial charge in [-0.3, -0.25) is 0 Å². The third kappa shape index (κ3) is 0.646. The summed E-state index contributed by atoms with van der Waals surface area (Å²) in [5.41, 5.74) is 0. The van der Waals surface area contributed by atoms with Crippen LogP contribution >= 0.6 is 0 Å². The summed E-state index contributed by atoms with van der Waals surface area (Å²) in [5.74, 6) is 0.413. The van der Waals surface area contributed by atoms with Crippen LogP contribution in [0.2, 0.25) is 0 Å². The largest absolute Gasteiger partial charge is 0.305 e. The Balaban J connectivity index is 2.40. The van der Waals surface area contributed by atoms with Crippen molar-refractivity contribution in [3.05, 3.63) is 24.3 Å². The van der Waals surface area contributed by atoms with Crippen LogP contribution in [0.1, 0.15) is 6.42 Å². The highest BCUT2D eigenvalue weighted by atomic mass is 32.2. The van der Waals surface area contributed by atoms with Crippen LogP contribution < -0.4 is 0 Å². The van der Waals surface area contributed by atoms with Crippen molar-refractivity contribution in [2.75, 3.05) is 0 Å². The lowest BCUT2D eigenvalue weighted by atomic mass is 10.1. The highest BCUT2D eigenvalue weighted by Crippen LogP contribution is 2.39. The summed E-state index contributed by atoms with van der Waals surface area (Å²) < 4.78 is 19.2. The second-order valence-electron chi connectivity index (χ2n) is 2.79. The van der Waals surface area contributed by atoms with E-state index in [1.807, 2.05) is 24.3 Å².